The Morgan fingerprint density at radius 2 is 2.06 bits per heavy atom. The van der Waals surface area contributed by atoms with Crippen LogP contribution in [0.4, 0.5) is 5.69 Å². The summed E-state index contributed by atoms with van der Waals surface area (Å²) < 4.78 is 1.26. The number of anilines is 1. The van der Waals surface area contributed by atoms with Gasteiger partial charge in [0, 0.05) is 29.6 Å². The summed E-state index contributed by atoms with van der Waals surface area (Å²) in [5.41, 5.74) is 2.68. The Morgan fingerprint density at radius 1 is 1.22 bits per heavy atom. The summed E-state index contributed by atoms with van der Waals surface area (Å²) in [6.07, 6.45) is 5.39. The number of benzene rings is 1. The van der Waals surface area contributed by atoms with Crippen LogP contribution in [0.2, 0.25) is 0 Å². The predicted molar refractivity (Wildman–Crippen MR) is 80.3 cm³/mol. The molecule has 1 atom stereocenters. The van der Waals surface area contributed by atoms with Crippen molar-refractivity contribution in [3.8, 4) is 0 Å². The lowest BCUT2D eigenvalue weighted by atomic mass is 10.0. The molecule has 1 aliphatic carbocycles. The molecule has 0 amide bonds. The zero-order valence-electron chi connectivity index (χ0n) is 11.0. The van der Waals surface area contributed by atoms with E-state index in [9.17, 15) is 0 Å². The minimum Gasteiger partial charge on any atom is -0.369 e. The van der Waals surface area contributed by atoms with E-state index in [0.717, 1.165) is 12.6 Å². The van der Waals surface area contributed by atoms with Crippen LogP contribution in [-0.2, 0) is 0 Å². The molecule has 2 aliphatic rings. The second-order valence-electron chi connectivity index (χ2n) is 5.63. The van der Waals surface area contributed by atoms with Crippen LogP contribution in [0.5, 0.6) is 0 Å². The number of nitrogens with zero attached hydrogens (tertiary/aromatic N) is 1. The van der Waals surface area contributed by atoms with Crippen LogP contribution in [0.15, 0.2) is 22.7 Å². The van der Waals surface area contributed by atoms with Gasteiger partial charge in [0.25, 0.3) is 0 Å². The van der Waals surface area contributed by atoms with E-state index < -0.39 is 0 Å². The van der Waals surface area contributed by atoms with Gasteiger partial charge in [-0.2, -0.15) is 0 Å². The molecule has 2 fully saturated rings. The lowest BCUT2D eigenvalue weighted by molar-refractivity contribution is 0.420. The predicted octanol–water partition coefficient (Wildman–Crippen LogP) is 3.48. The van der Waals surface area contributed by atoms with Gasteiger partial charge in [-0.1, -0.05) is 12.1 Å². The maximum Gasteiger partial charge on any atom is 0.0513 e. The van der Waals surface area contributed by atoms with Crippen LogP contribution in [0.1, 0.15) is 31.2 Å². The van der Waals surface area contributed by atoms with Crippen LogP contribution < -0.4 is 10.2 Å². The number of nitrogens with one attached hydrogen (secondary N) is 1. The van der Waals surface area contributed by atoms with Gasteiger partial charge in [-0.25, -0.2) is 0 Å². The van der Waals surface area contributed by atoms with Gasteiger partial charge >= 0.3 is 0 Å². The number of piperidine rings is 1. The first-order chi connectivity index (χ1) is 8.74. The van der Waals surface area contributed by atoms with Crippen LogP contribution in [0.3, 0.4) is 0 Å². The number of hydrogen-bond acceptors (Lipinski definition) is 2. The Hall–Kier alpha value is -0.540. The molecule has 18 heavy (non-hydrogen) atoms. The second kappa shape index (κ2) is 5.22. The monoisotopic (exact) mass is 308 g/mol. The van der Waals surface area contributed by atoms with E-state index >= 15 is 0 Å². The van der Waals surface area contributed by atoms with Gasteiger partial charge in [0.05, 0.1) is 5.69 Å². The number of halogens is 1. The molecule has 3 heteroatoms. The Morgan fingerprint density at radius 3 is 2.83 bits per heavy atom. The summed E-state index contributed by atoms with van der Waals surface area (Å²) >= 11 is 3.74. The standard InChI is InChI=1S/C15H21BrN2/c1-11-4-2-6-14(15(11)16)18-9-3-5-13(10-18)17-12-7-8-12/h2,4,6,12-13,17H,3,5,7-10H2,1H3. The van der Waals surface area contributed by atoms with Crippen LogP contribution >= 0.6 is 15.9 Å². The Balaban J connectivity index is 1.72. The quantitative estimate of drug-likeness (QED) is 0.919. The third-order valence-electron chi connectivity index (χ3n) is 3.98. The molecule has 1 unspecified atom stereocenters. The minimum atomic E-state index is 0.679. The lowest BCUT2D eigenvalue weighted by Crippen LogP contribution is -2.46. The normalized spacial score (nSPS) is 24.3. The van der Waals surface area contributed by atoms with E-state index in [-0.39, 0.29) is 0 Å². The zero-order chi connectivity index (χ0) is 12.5. The fourth-order valence-corrected chi connectivity index (χ4v) is 3.31. The molecule has 2 nitrogen and oxygen atoms in total. The summed E-state index contributed by atoms with van der Waals surface area (Å²) in [6.45, 7) is 4.50. The van der Waals surface area contributed by atoms with Crippen LogP contribution in [0, 0.1) is 6.92 Å². The van der Waals surface area contributed by atoms with Gasteiger partial charge in [-0.3, -0.25) is 0 Å². The molecular weight excluding hydrogens is 288 g/mol. The van der Waals surface area contributed by atoms with Crippen molar-refractivity contribution in [3.63, 3.8) is 0 Å². The van der Waals surface area contributed by atoms with Gasteiger partial charge in [-0.05, 0) is 60.2 Å². The minimum absolute atomic E-state index is 0.679. The van der Waals surface area contributed by atoms with Gasteiger partial charge in [0.2, 0.25) is 0 Å². The molecule has 1 aliphatic heterocycles. The molecule has 0 spiro atoms. The smallest absolute Gasteiger partial charge is 0.0513 e. The highest BCUT2D eigenvalue weighted by atomic mass is 79.9. The van der Waals surface area contributed by atoms with E-state index in [1.165, 1.54) is 48.0 Å². The van der Waals surface area contributed by atoms with Crippen molar-refractivity contribution in [2.45, 2.75) is 44.7 Å². The Labute approximate surface area is 118 Å². The summed E-state index contributed by atoms with van der Waals surface area (Å²) in [5, 5.41) is 3.77. The molecule has 1 N–H and O–H groups in total. The average molecular weight is 309 g/mol. The number of aryl methyl sites for hydroxylation is 1. The Bertz CT molecular complexity index is 429. The number of hydrogen-bond donors (Lipinski definition) is 1. The van der Waals surface area contributed by atoms with Crippen molar-refractivity contribution in [3.05, 3.63) is 28.2 Å². The second-order valence-corrected chi connectivity index (χ2v) is 6.43. The van der Waals surface area contributed by atoms with E-state index in [4.69, 9.17) is 0 Å². The summed E-state index contributed by atoms with van der Waals surface area (Å²) in [4.78, 5) is 2.53. The third kappa shape index (κ3) is 2.72. The lowest BCUT2D eigenvalue weighted by Gasteiger charge is -2.35. The van der Waals surface area contributed by atoms with Crippen LogP contribution in [0.25, 0.3) is 0 Å². The third-order valence-corrected chi connectivity index (χ3v) is 5.01. The van der Waals surface area contributed by atoms with Crippen molar-refractivity contribution >= 4 is 21.6 Å². The van der Waals surface area contributed by atoms with Gasteiger partial charge in [-0.15, -0.1) is 0 Å². The molecule has 1 heterocycles. The maximum atomic E-state index is 3.77. The molecular formula is C15H21BrN2. The van der Waals surface area contributed by atoms with Gasteiger partial charge < -0.3 is 10.2 Å². The molecule has 3 rings (SSSR count). The maximum absolute atomic E-state index is 3.77. The Kier molecular flexibility index (Phi) is 3.62. The van der Waals surface area contributed by atoms with E-state index in [1.807, 2.05) is 0 Å². The van der Waals surface area contributed by atoms with E-state index in [0.29, 0.717) is 6.04 Å². The summed E-state index contributed by atoms with van der Waals surface area (Å²) in [5.74, 6) is 0. The molecule has 1 aromatic carbocycles. The molecule has 98 valence electrons. The fraction of sp³-hybridized carbons (Fsp3) is 0.600. The van der Waals surface area contributed by atoms with Crippen molar-refractivity contribution in [1.82, 2.24) is 5.32 Å². The van der Waals surface area contributed by atoms with Crippen molar-refractivity contribution in [2.24, 2.45) is 0 Å². The molecule has 0 radical (unpaired) electrons. The topological polar surface area (TPSA) is 15.3 Å². The van der Waals surface area contributed by atoms with Gasteiger partial charge in [0.1, 0.15) is 0 Å². The van der Waals surface area contributed by atoms with E-state index in [2.05, 4.69) is 51.3 Å². The molecule has 1 saturated carbocycles. The molecule has 0 aromatic heterocycles. The summed E-state index contributed by atoms with van der Waals surface area (Å²) in [6, 6.07) is 8.05. The first-order valence-corrected chi connectivity index (χ1v) is 7.79. The van der Waals surface area contributed by atoms with Crippen molar-refractivity contribution < 1.29 is 0 Å². The SMILES string of the molecule is Cc1cccc(N2CCCC(NC3CC3)C2)c1Br. The first kappa shape index (κ1) is 12.5. The van der Waals surface area contributed by atoms with Crippen LogP contribution in [-0.4, -0.2) is 25.2 Å². The van der Waals surface area contributed by atoms with Crippen molar-refractivity contribution in [1.29, 1.82) is 0 Å². The largest absolute Gasteiger partial charge is 0.369 e. The molecule has 0 bridgehead atoms. The van der Waals surface area contributed by atoms with E-state index in [1.54, 1.807) is 0 Å². The first-order valence-electron chi connectivity index (χ1n) is 7.00. The summed E-state index contributed by atoms with van der Waals surface area (Å²) in [7, 11) is 0. The highest BCUT2D eigenvalue weighted by Gasteiger charge is 2.28. The molecule has 1 saturated heterocycles. The zero-order valence-corrected chi connectivity index (χ0v) is 12.5. The van der Waals surface area contributed by atoms with Crippen molar-refractivity contribution in [2.75, 3.05) is 18.0 Å². The van der Waals surface area contributed by atoms with Gasteiger partial charge in [0.15, 0.2) is 0 Å². The highest BCUT2D eigenvalue weighted by Crippen LogP contribution is 2.31. The number of rotatable bonds is 3. The fourth-order valence-electron chi connectivity index (χ4n) is 2.79. The average Bonchev–Trinajstić information content (AvgIpc) is 3.17. The highest BCUT2D eigenvalue weighted by molar-refractivity contribution is 9.10. The molecule has 1 aromatic rings.